The summed E-state index contributed by atoms with van der Waals surface area (Å²) in [7, 11) is 0. The molecule has 0 fully saturated rings. The summed E-state index contributed by atoms with van der Waals surface area (Å²) in [6.45, 7) is -1.15. The average Bonchev–Trinajstić information content (AvgIpc) is 2.25. The Morgan fingerprint density at radius 3 is 2.42 bits per heavy atom. The lowest BCUT2D eigenvalue weighted by Gasteiger charge is -2.15. The number of rotatable bonds is 4. The highest BCUT2D eigenvalue weighted by Gasteiger charge is 2.38. The van der Waals surface area contributed by atoms with Crippen LogP contribution >= 0.6 is 0 Å². The van der Waals surface area contributed by atoms with Crippen molar-refractivity contribution in [1.29, 1.82) is 0 Å². The van der Waals surface area contributed by atoms with E-state index in [1.54, 1.807) is 0 Å². The Hall–Kier alpha value is -2.04. The lowest BCUT2D eigenvalue weighted by Crippen LogP contribution is -2.20. The molecule has 1 heterocycles. The van der Waals surface area contributed by atoms with Crippen LogP contribution in [0.1, 0.15) is 17.7 Å². The molecule has 0 aliphatic carbocycles. The molecule has 11 heteroatoms. The molecule has 0 saturated carbocycles. The van der Waals surface area contributed by atoms with E-state index < -0.39 is 47.0 Å². The third-order valence-electron chi connectivity index (χ3n) is 1.91. The summed E-state index contributed by atoms with van der Waals surface area (Å²) >= 11 is 0. The van der Waals surface area contributed by atoms with E-state index in [9.17, 15) is 32.1 Å². The predicted molar refractivity (Wildman–Crippen MR) is 48.5 cm³/mol. The Morgan fingerprint density at radius 1 is 1.47 bits per heavy atom. The Labute approximate surface area is 101 Å². The van der Waals surface area contributed by atoms with Crippen molar-refractivity contribution in [3.05, 3.63) is 27.6 Å². The van der Waals surface area contributed by atoms with E-state index in [4.69, 9.17) is 5.11 Å². The van der Waals surface area contributed by atoms with E-state index in [1.165, 1.54) is 0 Å². The number of pyridine rings is 1. The number of halogens is 5. The molecule has 0 aliphatic rings. The van der Waals surface area contributed by atoms with Gasteiger partial charge in [-0.1, -0.05) is 0 Å². The van der Waals surface area contributed by atoms with Crippen LogP contribution in [0.15, 0.2) is 6.20 Å². The van der Waals surface area contributed by atoms with Gasteiger partial charge in [0.1, 0.15) is 17.5 Å². The first kappa shape index (κ1) is 15.0. The van der Waals surface area contributed by atoms with Gasteiger partial charge in [0.25, 0.3) is 12.1 Å². The van der Waals surface area contributed by atoms with Gasteiger partial charge in [-0.25, -0.2) is 13.8 Å². The second-order valence-electron chi connectivity index (χ2n) is 3.10. The monoisotopic (exact) mass is 288 g/mol. The predicted octanol–water partition coefficient (Wildman–Crippen LogP) is 2.32. The maximum atomic E-state index is 12.7. The molecule has 6 nitrogen and oxygen atoms in total. The molecule has 0 spiro atoms. The molecule has 0 saturated heterocycles. The molecule has 106 valence electrons. The fraction of sp³-hybridized carbons (Fsp3) is 0.375. The Kier molecular flexibility index (Phi) is 4.19. The number of hydrogen-bond donors (Lipinski definition) is 1. The molecule has 19 heavy (non-hydrogen) atoms. The van der Waals surface area contributed by atoms with Crippen LogP contribution in [0.3, 0.4) is 0 Å². The molecule has 1 aromatic heterocycles. The van der Waals surface area contributed by atoms with Crippen molar-refractivity contribution in [3.8, 4) is 5.75 Å². The molecule has 0 atom stereocenters. The Morgan fingerprint density at radius 2 is 2.05 bits per heavy atom. The van der Waals surface area contributed by atoms with Gasteiger partial charge in [0.2, 0.25) is 0 Å². The molecule has 0 bridgehead atoms. The molecule has 0 amide bonds. The summed E-state index contributed by atoms with van der Waals surface area (Å²) < 4.78 is 64.9. The van der Waals surface area contributed by atoms with Crippen LogP contribution in [0.25, 0.3) is 0 Å². The first-order valence-corrected chi connectivity index (χ1v) is 4.48. The lowest BCUT2D eigenvalue weighted by atomic mass is 10.1. The summed E-state index contributed by atoms with van der Waals surface area (Å²) in [4.78, 5) is 12.3. The quantitative estimate of drug-likeness (QED) is 0.522. The highest BCUT2D eigenvalue weighted by atomic mass is 19.4. The van der Waals surface area contributed by atoms with Crippen LogP contribution < -0.4 is 4.74 Å². The highest BCUT2D eigenvalue weighted by Crippen LogP contribution is 2.40. The van der Waals surface area contributed by atoms with E-state index in [2.05, 4.69) is 9.72 Å². The van der Waals surface area contributed by atoms with Gasteiger partial charge in [0.05, 0.1) is 11.5 Å². The zero-order valence-corrected chi connectivity index (χ0v) is 8.82. The fourth-order valence-corrected chi connectivity index (χ4v) is 1.24. The van der Waals surface area contributed by atoms with Gasteiger partial charge < -0.3 is 9.84 Å². The molecule has 1 aromatic rings. The van der Waals surface area contributed by atoms with E-state index in [0.29, 0.717) is 6.20 Å². The first-order chi connectivity index (χ1) is 8.67. The van der Waals surface area contributed by atoms with Crippen molar-refractivity contribution in [3.63, 3.8) is 0 Å². The number of aliphatic hydroxyl groups is 1. The smallest absolute Gasteiger partial charge is 0.403 e. The number of nitrogens with zero attached hydrogens (tertiary/aromatic N) is 2. The van der Waals surface area contributed by atoms with Crippen molar-refractivity contribution in [2.75, 3.05) is 0 Å². The van der Waals surface area contributed by atoms with Gasteiger partial charge in [-0.15, -0.1) is 13.2 Å². The molecule has 0 aliphatic heterocycles. The number of nitro groups is 1. The van der Waals surface area contributed by atoms with Gasteiger partial charge in [0, 0.05) is 0 Å². The van der Waals surface area contributed by atoms with Crippen molar-refractivity contribution < 1.29 is 36.7 Å². The molecular weight excluding hydrogens is 283 g/mol. The molecule has 0 unspecified atom stereocenters. The Balaban J connectivity index is 3.52. The van der Waals surface area contributed by atoms with Crippen molar-refractivity contribution in [2.45, 2.75) is 19.4 Å². The highest BCUT2D eigenvalue weighted by molar-refractivity contribution is 5.51. The Bertz CT molecular complexity index is 491. The molecule has 0 radical (unpaired) electrons. The van der Waals surface area contributed by atoms with E-state index in [0.717, 1.165) is 0 Å². The molecule has 1 rings (SSSR count). The standard InChI is InChI=1S/C8H5F5N2O4/c9-7(10)5-4(15(17)18)1-14-3(2-16)6(5)19-8(11,12)13/h1,7,16H,2H2. The van der Waals surface area contributed by atoms with Gasteiger partial charge in [-0.3, -0.25) is 10.1 Å². The van der Waals surface area contributed by atoms with E-state index in [1.807, 2.05) is 0 Å². The van der Waals surface area contributed by atoms with Gasteiger partial charge in [-0.2, -0.15) is 0 Å². The first-order valence-electron chi connectivity index (χ1n) is 4.48. The second-order valence-corrected chi connectivity index (χ2v) is 3.10. The summed E-state index contributed by atoms with van der Waals surface area (Å²) in [6, 6.07) is 0. The van der Waals surface area contributed by atoms with Gasteiger partial charge >= 0.3 is 6.36 Å². The van der Waals surface area contributed by atoms with Crippen molar-refractivity contribution in [2.24, 2.45) is 0 Å². The van der Waals surface area contributed by atoms with Crippen molar-refractivity contribution in [1.82, 2.24) is 4.98 Å². The summed E-state index contributed by atoms with van der Waals surface area (Å²) in [5.74, 6) is -1.56. The van der Waals surface area contributed by atoms with Gasteiger partial charge in [-0.05, 0) is 0 Å². The molecule has 1 N–H and O–H groups in total. The number of alkyl halides is 5. The maximum Gasteiger partial charge on any atom is 0.573 e. The minimum Gasteiger partial charge on any atom is -0.403 e. The van der Waals surface area contributed by atoms with E-state index >= 15 is 0 Å². The van der Waals surface area contributed by atoms with Gasteiger partial charge in [0.15, 0.2) is 5.75 Å². The van der Waals surface area contributed by atoms with Crippen LogP contribution in [-0.4, -0.2) is 21.4 Å². The number of aliphatic hydroxyl groups excluding tert-OH is 1. The largest absolute Gasteiger partial charge is 0.573 e. The zero-order chi connectivity index (χ0) is 14.8. The SMILES string of the molecule is O=[N+]([O-])c1cnc(CO)c(OC(F)(F)F)c1C(F)F. The third kappa shape index (κ3) is 3.47. The van der Waals surface area contributed by atoms with E-state index in [-0.39, 0.29) is 0 Å². The number of hydrogen-bond acceptors (Lipinski definition) is 5. The number of aromatic nitrogens is 1. The van der Waals surface area contributed by atoms with Crippen molar-refractivity contribution >= 4 is 5.69 Å². The third-order valence-corrected chi connectivity index (χ3v) is 1.91. The van der Waals surface area contributed by atoms with Crippen LogP contribution in [0, 0.1) is 10.1 Å². The van der Waals surface area contributed by atoms with Crippen LogP contribution in [-0.2, 0) is 6.61 Å². The summed E-state index contributed by atoms with van der Waals surface area (Å²) in [5, 5.41) is 19.2. The molecule has 0 aromatic carbocycles. The minimum atomic E-state index is -5.36. The fourth-order valence-electron chi connectivity index (χ4n) is 1.24. The summed E-state index contributed by atoms with van der Waals surface area (Å²) in [6.07, 6.45) is -8.63. The van der Waals surface area contributed by atoms with Crippen LogP contribution in [0.2, 0.25) is 0 Å². The normalized spacial score (nSPS) is 11.7. The topological polar surface area (TPSA) is 85.5 Å². The zero-order valence-electron chi connectivity index (χ0n) is 8.82. The van der Waals surface area contributed by atoms with Crippen LogP contribution in [0.4, 0.5) is 27.6 Å². The molecular formula is C8H5F5N2O4. The summed E-state index contributed by atoms with van der Waals surface area (Å²) in [5.41, 5.74) is -3.79. The maximum absolute atomic E-state index is 12.7. The number of ether oxygens (including phenoxy) is 1. The minimum absolute atomic E-state index is 0.330. The lowest BCUT2D eigenvalue weighted by molar-refractivity contribution is -0.386. The van der Waals surface area contributed by atoms with Crippen LogP contribution in [0.5, 0.6) is 5.75 Å². The average molecular weight is 288 g/mol. The second kappa shape index (κ2) is 5.30.